The van der Waals surface area contributed by atoms with Crippen molar-refractivity contribution in [3.63, 3.8) is 0 Å². The molecule has 2 atom stereocenters. The van der Waals surface area contributed by atoms with Crippen molar-refractivity contribution in [2.24, 2.45) is 16.8 Å². The van der Waals surface area contributed by atoms with Crippen LogP contribution in [0.15, 0.2) is 94.3 Å². The number of pyridine rings is 2. The lowest BCUT2D eigenvalue weighted by atomic mass is 9.82. The molecule has 0 N–H and O–H groups in total. The quantitative estimate of drug-likeness (QED) is 0.528. The second-order valence-corrected chi connectivity index (χ2v) is 9.04. The summed E-state index contributed by atoms with van der Waals surface area (Å²) in [5.74, 6) is 1.04. The third kappa shape index (κ3) is 4.17. The zero-order valence-corrected chi connectivity index (χ0v) is 19.1. The number of nitrogens with zero attached hydrogens (tertiary/aromatic N) is 3. The number of fused-ring (bicyclic) bond motifs is 4. The van der Waals surface area contributed by atoms with Gasteiger partial charge in [0.15, 0.2) is 0 Å². The van der Waals surface area contributed by atoms with E-state index < -0.39 is 0 Å². The van der Waals surface area contributed by atoms with Gasteiger partial charge in [-0.25, -0.2) is 0 Å². The summed E-state index contributed by atoms with van der Waals surface area (Å²) < 4.78 is 0. The first-order chi connectivity index (χ1) is 15.7. The summed E-state index contributed by atoms with van der Waals surface area (Å²) in [6, 6.07) is 8.18. The first-order valence-electron chi connectivity index (χ1n) is 12.0. The van der Waals surface area contributed by atoms with Gasteiger partial charge in [-0.05, 0) is 92.4 Å². The summed E-state index contributed by atoms with van der Waals surface area (Å²) in [5.41, 5.74) is 9.80. The zero-order valence-electron chi connectivity index (χ0n) is 19.1. The number of rotatable bonds is 4. The summed E-state index contributed by atoms with van der Waals surface area (Å²) in [7, 11) is 0. The molecule has 5 rings (SSSR count). The van der Waals surface area contributed by atoms with Gasteiger partial charge in [-0.1, -0.05) is 43.4 Å². The average Bonchev–Trinajstić information content (AvgIpc) is 2.99. The molecule has 0 fully saturated rings. The molecule has 2 aliphatic carbocycles. The largest absolute Gasteiger partial charge is 0.257 e. The summed E-state index contributed by atoms with van der Waals surface area (Å²) in [6.45, 7) is 4.58. The molecule has 0 spiro atoms. The highest BCUT2D eigenvalue weighted by Gasteiger charge is 2.26. The van der Waals surface area contributed by atoms with Crippen LogP contribution in [0.25, 0.3) is 11.0 Å². The van der Waals surface area contributed by atoms with Crippen molar-refractivity contribution in [2.75, 3.05) is 0 Å². The molecule has 162 valence electrons. The second kappa shape index (κ2) is 9.20. The van der Waals surface area contributed by atoms with Gasteiger partial charge < -0.3 is 0 Å². The fraction of sp³-hybridized carbons (Fsp3) is 0.345. The number of aliphatic imine (C=N–C) groups is 1. The molecule has 2 aromatic heterocycles. The minimum Gasteiger partial charge on any atom is -0.257 e. The van der Waals surface area contributed by atoms with Gasteiger partial charge in [-0.3, -0.25) is 15.0 Å². The van der Waals surface area contributed by atoms with Crippen LogP contribution in [0.1, 0.15) is 51.6 Å². The van der Waals surface area contributed by atoms with Crippen molar-refractivity contribution in [1.29, 1.82) is 0 Å². The van der Waals surface area contributed by atoms with Crippen molar-refractivity contribution >= 4 is 16.7 Å². The molecule has 3 nitrogen and oxygen atoms in total. The van der Waals surface area contributed by atoms with E-state index in [9.17, 15) is 0 Å². The molecular formula is C29H31N3. The monoisotopic (exact) mass is 421 g/mol. The highest BCUT2D eigenvalue weighted by atomic mass is 14.8. The smallest absolute Gasteiger partial charge is 0.0889 e. The molecule has 0 aromatic carbocycles. The number of hydrogen-bond acceptors (Lipinski definition) is 3. The fourth-order valence-electron chi connectivity index (χ4n) is 5.14. The van der Waals surface area contributed by atoms with E-state index in [1.807, 2.05) is 18.3 Å². The second-order valence-electron chi connectivity index (χ2n) is 9.04. The molecule has 1 aliphatic heterocycles. The van der Waals surface area contributed by atoms with Crippen LogP contribution in [0, 0.1) is 11.8 Å². The predicted octanol–water partition coefficient (Wildman–Crippen LogP) is 7.10. The number of aromatic nitrogens is 2. The lowest BCUT2D eigenvalue weighted by Crippen LogP contribution is -2.19. The van der Waals surface area contributed by atoms with Crippen molar-refractivity contribution in [3.8, 4) is 0 Å². The predicted molar refractivity (Wildman–Crippen MR) is 134 cm³/mol. The molecule has 2 unspecified atom stereocenters. The Morgan fingerprint density at radius 3 is 2.88 bits per heavy atom. The van der Waals surface area contributed by atoms with Gasteiger partial charge in [0.1, 0.15) is 0 Å². The van der Waals surface area contributed by atoms with Crippen molar-refractivity contribution in [2.45, 2.75) is 52.4 Å². The Bertz CT molecular complexity index is 1210. The third-order valence-corrected chi connectivity index (χ3v) is 7.07. The molecule has 0 saturated carbocycles. The van der Waals surface area contributed by atoms with Crippen molar-refractivity contribution in [1.82, 2.24) is 9.97 Å². The maximum atomic E-state index is 5.28. The Hall–Kier alpha value is -3.07. The minimum absolute atomic E-state index is 0.460. The Balaban J connectivity index is 1.47. The Morgan fingerprint density at radius 1 is 1.03 bits per heavy atom. The van der Waals surface area contributed by atoms with Crippen molar-refractivity contribution < 1.29 is 0 Å². The zero-order chi connectivity index (χ0) is 21.9. The highest BCUT2D eigenvalue weighted by molar-refractivity contribution is 6.05. The van der Waals surface area contributed by atoms with Crippen LogP contribution >= 0.6 is 0 Å². The topological polar surface area (TPSA) is 38.1 Å². The van der Waals surface area contributed by atoms with E-state index in [0.717, 1.165) is 48.8 Å². The molecule has 3 aliphatic rings. The number of allylic oxidation sites excluding steroid dienone is 10. The van der Waals surface area contributed by atoms with Crippen LogP contribution in [0.2, 0.25) is 0 Å². The lowest BCUT2D eigenvalue weighted by Gasteiger charge is -2.27. The van der Waals surface area contributed by atoms with Crippen molar-refractivity contribution in [3.05, 3.63) is 95.0 Å². The van der Waals surface area contributed by atoms with Crippen LogP contribution < -0.4 is 0 Å². The first-order valence-corrected chi connectivity index (χ1v) is 12.0. The van der Waals surface area contributed by atoms with Crippen LogP contribution in [0.3, 0.4) is 0 Å². The van der Waals surface area contributed by atoms with E-state index in [-0.39, 0.29) is 0 Å². The SMILES string of the molecule is CCC1C=CC=CC2=C1C=CCCC1CC2=NC(CCc2ccc3ncccc3n2)=C1C. The number of aryl methyl sites for hydroxylation is 1. The van der Waals surface area contributed by atoms with Gasteiger partial charge in [-0.2, -0.15) is 0 Å². The van der Waals surface area contributed by atoms with E-state index in [2.05, 4.69) is 67.4 Å². The summed E-state index contributed by atoms with van der Waals surface area (Å²) in [6.07, 6.45) is 21.9. The third-order valence-electron chi connectivity index (χ3n) is 7.07. The summed E-state index contributed by atoms with van der Waals surface area (Å²) in [4.78, 5) is 14.5. The van der Waals surface area contributed by atoms with E-state index in [4.69, 9.17) is 9.98 Å². The Kier molecular flexibility index (Phi) is 5.98. The standard InChI is InChI=1S/C29H31N3/c1-3-21-9-4-7-12-25-24(21)11-6-5-10-22-19-29(25)32-26(20(22)2)16-14-23-15-17-27-28(31-23)13-8-18-30-27/h4,6-9,11-13,15,17-18,21-22H,3,5,10,14,16,19H2,1-2H3. The highest BCUT2D eigenvalue weighted by Crippen LogP contribution is 2.37. The average molecular weight is 422 g/mol. The number of hydrogen-bond donors (Lipinski definition) is 0. The molecule has 0 amide bonds. The maximum absolute atomic E-state index is 5.28. The van der Waals surface area contributed by atoms with Crippen LogP contribution in [-0.2, 0) is 6.42 Å². The maximum Gasteiger partial charge on any atom is 0.0889 e. The van der Waals surface area contributed by atoms with Gasteiger partial charge in [-0.15, -0.1) is 0 Å². The van der Waals surface area contributed by atoms with E-state index in [0.29, 0.717) is 11.8 Å². The minimum atomic E-state index is 0.460. The van der Waals surface area contributed by atoms with E-state index in [1.54, 1.807) is 0 Å². The molecule has 32 heavy (non-hydrogen) atoms. The molecule has 0 saturated heterocycles. The van der Waals surface area contributed by atoms with Gasteiger partial charge in [0.05, 0.1) is 11.0 Å². The molecule has 2 bridgehead atoms. The Labute approximate surface area is 191 Å². The van der Waals surface area contributed by atoms with Gasteiger partial charge in [0.25, 0.3) is 0 Å². The van der Waals surface area contributed by atoms with E-state index in [1.165, 1.54) is 34.5 Å². The van der Waals surface area contributed by atoms with Crippen LogP contribution in [0.4, 0.5) is 0 Å². The Morgan fingerprint density at radius 2 is 1.97 bits per heavy atom. The molecule has 2 aromatic rings. The summed E-state index contributed by atoms with van der Waals surface area (Å²) >= 11 is 0. The van der Waals surface area contributed by atoms with Crippen LogP contribution in [0.5, 0.6) is 0 Å². The first kappa shape index (κ1) is 20.8. The molecule has 0 radical (unpaired) electrons. The van der Waals surface area contributed by atoms with E-state index >= 15 is 0 Å². The van der Waals surface area contributed by atoms with Gasteiger partial charge in [0.2, 0.25) is 0 Å². The fourth-order valence-corrected chi connectivity index (χ4v) is 5.14. The molecule has 3 heterocycles. The normalized spacial score (nSPS) is 22.9. The molecular weight excluding hydrogens is 390 g/mol. The lowest BCUT2D eigenvalue weighted by molar-refractivity contribution is 0.567. The van der Waals surface area contributed by atoms with Gasteiger partial charge >= 0.3 is 0 Å². The molecule has 3 heteroatoms. The summed E-state index contributed by atoms with van der Waals surface area (Å²) in [5, 5.41) is 0. The van der Waals surface area contributed by atoms with Gasteiger partial charge in [0, 0.05) is 29.2 Å². The van der Waals surface area contributed by atoms with Crippen LogP contribution in [-0.4, -0.2) is 15.7 Å².